The highest BCUT2D eigenvalue weighted by molar-refractivity contribution is 7.89. The van der Waals surface area contributed by atoms with Crippen molar-refractivity contribution in [1.29, 1.82) is 0 Å². The second-order valence-corrected chi connectivity index (χ2v) is 10.1. The molecule has 3 aromatic rings. The Morgan fingerprint density at radius 3 is 2.66 bits per heavy atom. The standard InChI is InChI=1S/C21H20N2O4S2/c24-29(25,23-10-2-1-3-11-23)16-6-7-17-20(13-16)28-21(22-17)9-5-15-4-8-18-19(12-15)27-14-26-18/h4-9,12-13H,1-3,10-11,14H2/b9-5+. The molecule has 0 spiro atoms. The molecule has 1 fully saturated rings. The van der Waals surface area contributed by atoms with Gasteiger partial charge in [0.2, 0.25) is 16.8 Å². The van der Waals surface area contributed by atoms with Crippen LogP contribution in [0.2, 0.25) is 0 Å². The Balaban J connectivity index is 1.40. The summed E-state index contributed by atoms with van der Waals surface area (Å²) in [7, 11) is -3.44. The Labute approximate surface area is 173 Å². The molecule has 1 saturated heterocycles. The zero-order valence-electron chi connectivity index (χ0n) is 15.7. The second kappa shape index (κ2) is 7.44. The van der Waals surface area contributed by atoms with E-state index in [1.54, 1.807) is 22.5 Å². The molecule has 8 heteroatoms. The number of piperidine rings is 1. The number of sulfonamides is 1. The van der Waals surface area contributed by atoms with Crippen LogP contribution in [0.3, 0.4) is 0 Å². The lowest BCUT2D eigenvalue weighted by atomic mass is 10.2. The SMILES string of the molecule is O=S(=O)(c1ccc2nc(/C=C/c3ccc4c(c3)OCO4)sc2c1)N1CCCCC1. The normalized spacial score (nSPS) is 17.4. The van der Waals surface area contributed by atoms with Crippen molar-refractivity contribution in [1.82, 2.24) is 9.29 Å². The van der Waals surface area contributed by atoms with Gasteiger partial charge in [-0.3, -0.25) is 0 Å². The summed E-state index contributed by atoms with van der Waals surface area (Å²) in [5, 5.41) is 0.824. The summed E-state index contributed by atoms with van der Waals surface area (Å²) in [4.78, 5) is 4.95. The van der Waals surface area contributed by atoms with Gasteiger partial charge in [0.1, 0.15) is 5.01 Å². The molecular weight excluding hydrogens is 408 g/mol. The maximum atomic E-state index is 12.9. The number of benzene rings is 2. The largest absolute Gasteiger partial charge is 0.454 e. The van der Waals surface area contributed by atoms with E-state index in [0.717, 1.165) is 51.5 Å². The fourth-order valence-corrected chi connectivity index (χ4v) is 6.12. The maximum absolute atomic E-state index is 12.9. The molecule has 150 valence electrons. The molecule has 0 aliphatic carbocycles. The van der Waals surface area contributed by atoms with Crippen LogP contribution in [0.4, 0.5) is 0 Å². The van der Waals surface area contributed by atoms with Crippen LogP contribution < -0.4 is 9.47 Å². The predicted molar refractivity (Wildman–Crippen MR) is 114 cm³/mol. The minimum atomic E-state index is -3.44. The van der Waals surface area contributed by atoms with E-state index in [4.69, 9.17) is 9.47 Å². The summed E-state index contributed by atoms with van der Waals surface area (Å²) in [6.45, 7) is 1.46. The molecule has 29 heavy (non-hydrogen) atoms. The lowest BCUT2D eigenvalue weighted by Gasteiger charge is -2.25. The average Bonchev–Trinajstić information content (AvgIpc) is 3.38. The summed E-state index contributed by atoms with van der Waals surface area (Å²) < 4.78 is 39.0. The van der Waals surface area contributed by atoms with Crippen LogP contribution >= 0.6 is 11.3 Å². The Morgan fingerprint density at radius 1 is 0.966 bits per heavy atom. The van der Waals surface area contributed by atoms with Gasteiger partial charge in [-0.2, -0.15) is 4.31 Å². The van der Waals surface area contributed by atoms with E-state index in [0.29, 0.717) is 18.0 Å². The lowest BCUT2D eigenvalue weighted by molar-refractivity contribution is 0.174. The van der Waals surface area contributed by atoms with E-state index in [1.807, 2.05) is 30.4 Å². The van der Waals surface area contributed by atoms with Crippen LogP contribution in [-0.2, 0) is 10.0 Å². The fraction of sp³-hybridized carbons (Fsp3) is 0.286. The van der Waals surface area contributed by atoms with Gasteiger partial charge in [-0.25, -0.2) is 13.4 Å². The van der Waals surface area contributed by atoms with Gasteiger partial charge < -0.3 is 9.47 Å². The summed E-state index contributed by atoms with van der Waals surface area (Å²) in [6, 6.07) is 11.0. The molecule has 2 aliphatic heterocycles. The van der Waals surface area contributed by atoms with E-state index in [2.05, 4.69) is 4.98 Å². The van der Waals surface area contributed by atoms with Crippen LogP contribution in [-0.4, -0.2) is 37.6 Å². The van der Waals surface area contributed by atoms with Crippen molar-refractivity contribution in [2.45, 2.75) is 24.2 Å². The molecule has 0 saturated carbocycles. The number of aromatic nitrogens is 1. The topological polar surface area (TPSA) is 68.7 Å². The number of fused-ring (bicyclic) bond motifs is 2. The van der Waals surface area contributed by atoms with E-state index < -0.39 is 10.0 Å². The van der Waals surface area contributed by atoms with Crippen LogP contribution in [0.15, 0.2) is 41.3 Å². The quantitative estimate of drug-likeness (QED) is 0.617. The number of rotatable bonds is 4. The highest BCUT2D eigenvalue weighted by atomic mass is 32.2. The van der Waals surface area contributed by atoms with Gasteiger partial charge in [0.15, 0.2) is 11.5 Å². The van der Waals surface area contributed by atoms with Crippen molar-refractivity contribution in [2.24, 2.45) is 0 Å². The molecule has 0 unspecified atom stereocenters. The Morgan fingerprint density at radius 2 is 1.79 bits per heavy atom. The van der Waals surface area contributed by atoms with Gasteiger partial charge >= 0.3 is 0 Å². The van der Waals surface area contributed by atoms with Gasteiger partial charge in [-0.05, 0) is 54.8 Å². The minimum absolute atomic E-state index is 0.253. The molecule has 2 aromatic carbocycles. The fourth-order valence-electron chi connectivity index (χ4n) is 3.59. The van der Waals surface area contributed by atoms with E-state index in [-0.39, 0.29) is 6.79 Å². The molecule has 0 radical (unpaired) electrons. The Kier molecular flexibility index (Phi) is 4.77. The monoisotopic (exact) mass is 428 g/mol. The third kappa shape index (κ3) is 3.63. The number of thiazole rings is 1. The minimum Gasteiger partial charge on any atom is -0.454 e. The summed E-state index contributed by atoms with van der Waals surface area (Å²) in [6.07, 6.45) is 6.85. The van der Waals surface area contributed by atoms with Crippen LogP contribution in [0.25, 0.3) is 22.4 Å². The Bertz CT molecular complexity index is 1190. The zero-order chi connectivity index (χ0) is 19.8. The van der Waals surface area contributed by atoms with E-state index >= 15 is 0 Å². The second-order valence-electron chi connectivity index (χ2n) is 7.09. The first-order chi connectivity index (χ1) is 14.1. The van der Waals surface area contributed by atoms with Gasteiger partial charge in [0, 0.05) is 13.1 Å². The highest BCUT2D eigenvalue weighted by Gasteiger charge is 2.26. The van der Waals surface area contributed by atoms with Crippen molar-refractivity contribution >= 4 is 43.7 Å². The van der Waals surface area contributed by atoms with E-state index in [9.17, 15) is 8.42 Å². The third-order valence-corrected chi connectivity index (χ3v) is 8.02. The zero-order valence-corrected chi connectivity index (χ0v) is 17.3. The van der Waals surface area contributed by atoms with Crippen LogP contribution in [0.1, 0.15) is 29.8 Å². The smallest absolute Gasteiger partial charge is 0.243 e. The molecule has 5 rings (SSSR count). The molecule has 0 bridgehead atoms. The number of hydrogen-bond acceptors (Lipinski definition) is 6. The predicted octanol–water partition coefficient (Wildman–Crippen LogP) is 4.37. The van der Waals surface area contributed by atoms with Gasteiger partial charge in [0.25, 0.3) is 0 Å². The average molecular weight is 429 g/mol. The van der Waals surface area contributed by atoms with Crippen molar-refractivity contribution in [3.05, 3.63) is 47.0 Å². The number of hydrogen-bond donors (Lipinski definition) is 0. The van der Waals surface area contributed by atoms with Crippen molar-refractivity contribution in [3.63, 3.8) is 0 Å². The van der Waals surface area contributed by atoms with Crippen LogP contribution in [0, 0.1) is 0 Å². The molecule has 0 atom stereocenters. The van der Waals surface area contributed by atoms with E-state index in [1.165, 1.54) is 11.3 Å². The summed E-state index contributed by atoms with van der Waals surface area (Å²) in [5.74, 6) is 1.49. The van der Waals surface area contributed by atoms with Gasteiger partial charge in [-0.15, -0.1) is 11.3 Å². The van der Waals surface area contributed by atoms with Crippen LogP contribution in [0.5, 0.6) is 11.5 Å². The molecule has 0 amide bonds. The Hall–Kier alpha value is -2.42. The van der Waals surface area contributed by atoms with Gasteiger partial charge in [-0.1, -0.05) is 18.6 Å². The van der Waals surface area contributed by atoms with Crippen molar-refractivity contribution in [3.8, 4) is 11.5 Å². The molecule has 6 nitrogen and oxygen atoms in total. The maximum Gasteiger partial charge on any atom is 0.243 e. The molecule has 3 heterocycles. The summed E-state index contributed by atoms with van der Waals surface area (Å²) in [5.41, 5.74) is 1.79. The summed E-state index contributed by atoms with van der Waals surface area (Å²) >= 11 is 1.48. The number of ether oxygens (including phenoxy) is 2. The molecule has 0 N–H and O–H groups in total. The lowest BCUT2D eigenvalue weighted by Crippen LogP contribution is -2.35. The van der Waals surface area contributed by atoms with Crippen molar-refractivity contribution in [2.75, 3.05) is 19.9 Å². The highest BCUT2D eigenvalue weighted by Crippen LogP contribution is 2.33. The van der Waals surface area contributed by atoms with Gasteiger partial charge in [0.05, 0.1) is 15.1 Å². The first kappa shape index (κ1) is 18.6. The van der Waals surface area contributed by atoms with Crippen molar-refractivity contribution < 1.29 is 17.9 Å². The molecule has 2 aliphatic rings. The first-order valence-electron chi connectivity index (χ1n) is 9.58. The molecular formula is C21H20N2O4S2. The molecule has 1 aromatic heterocycles. The number of nitrogens with zero attached hydrogens (tertiary/aromatic N) is 2. The first-order valence-corrected chi connectivity index (χ1v) is 11.8. The third-order valence-electron chi connectivity index (χ3n) is 5.14.